The van der Waals surface area contributed by atoms with Crippen molar-refractivity contribution in [2.24, 2.45) is 17.3 Å². The molecule has 1 N–H and O–H groups in total. The van der Waals surface area contributed by atoms with Crippen molar-refractivity contribution < 1.29 is 54.0 Å². The summed E-state index contributed by atoms with van der Waals surface area (Å²) in [6.07, 6.45) is -9.23. The molecule has 2 fully saturated rings. The topological polar surface area (TPSA) is 107 Å². The Morgan fingerprint density at radius 2 is 1.53 bits per heavy atom. The third-order valence-electron chi connectivity index (χ3n) is 5.94. The van der Waals surface area contributed by atoms with Gasteiger partial charge in [0.1, 0.15) is 5.60 Å². The van der Waals surface area contributed by atoms with Crippen LogP contribution in [0.1, 0.15) is 52.9 Å². The van der Waals surface area contributed by atoms with E-state index >= 15 is 0 Å². The molecule has 3 unspecified atom stereocenters. The maximum atomic E-state index is 13.8. The van der Waals surface area contributed by atoms with E-state index in [9.17, 15) is 40.0 Å². The molecular weight excluding hydrogens is 467 g/mol. The van der Waals surface area contributed by atoms with Crippen LogP contribution in [0.3, 0.4) is 0 Å². The van der Waals surface area contributed by atoms with Crippen LogP contribution in [0.4, 0.5) is 22.0 Å². The van der Waals surface area contributed by atoms with E-state index in [4.69, 9.17) is 9.29 Å². The van der Waals surface area contributed by atoms with E-state index < -0.39 is 50.6 Å². The second-order valence-corrected chi connectivity index (χ2v) is 10.8. The van der Waals surface area contributed by atoms with Crippen molar-refractivity contribution in [2.75, 3.05) is 0 Å². The van der Waals surface area contributed by atoms with Crippen LogP contribution in [0.15, 0.2) is 12.2 Å². The summed E-state index contributed by atoms with van der Waals surface area (Å²) in [5.74, 6) is -2.81. The summed E-state index contributed by atoms with van der Waals surface area (Å²) in [6, 6.07) is 0. The van der Waals surface area contributed by atoms with Gasteiger partial charge in [-0.2, -0.15) is 30.4 Å². The van der Waals surface area contributed by atoms with Crippen molar-refractivity contribution in [3.63, 3.8) is 0 Å². The van der Waals surface area contributed by atoms with Crippen LogP contribution in [0, 0.1) is 17.3 Å². The number of carbonyl (C=O) groups excluding carboxylic acids is 2. The van der Waals surface area contributed by atoms with Crippen molar-refractivity contribution in [3.8, 4) is 0 Å². The van der Waals surface area contributed by atoms with E-state index in [2.05, 4.69) is 11.3 Å². The predicted octanol–water partition coefficient (Wildman–Crippen LogP) is 4.04. The molecule has 0 aromatic carbocycles. The van der Waals surface area contributed by atoms with E-state index in [1.54, 1.807) is 6.92 Å². The van der Waals surface area contributed by atoms with Crippen LogP contribution in [-0.4, -0.2) is 48.0 Å². The first-order valence-corrected chi connectivity index (χ1v) is 11.2. The van der Waals surface area contributed by atoms with E-state index in [0.29, 0.717) is 6.42 Å². The fourth-order valence-electron chi connectivity index (χ4n) is 4.88. The van der Waals surface area contributed by atoms with Crippen molar-refractivity contribution in [1.82, 2.24) is 0 Å². The van der Waals surface area contributed by atoms with Gasteiger partial charge in [-0.05, 0) is 64.7 Å². The van der Waals surface area contributed by atoms with Crippen LogP contribution in [0.2, 0.25) is 0 Å². The Labute approximate surface area is 182 Å². The van der Waals surface area contributed by atoms with E-state index in [-0.39, 0.29) is 43.1 Å². The highest BCUT2D eigenvalue weighted by molar-refractivity contribution is 7.86. The highest BCUT2D eigenvalue weighted by Crippen LogP contribution is 2.53. The molecule has 0 aromatic rings. The molecule has 0 saturated heterocycles. The van der Waals surface area contributed by atoms with E-state index in [1.165, 1.54) is 13.8 Å². The van der Waals surface area contributed by atoms with Gasteiger partial charge in [0.2, 0.25) is 0 Å². The molecule has 0 heterocycles. The first-order valence-electron chi connectivity index (χ1n) is 9.72. The summed E-state index contributed by atoms with van der Waals surface area (Å²) in [5.41, 5.74) is -2.30. The Hall–Kier alpha value is -1.76. The highest BCUT2D eigenvalue weighted by atomic mass is 32.2. The fraction of sp³-hybridized carbons (Fsp3) is 0.789. The van der Waals surface area contributed by atoms with Crippen molar-refractivity contribution in [2.45, 2.75) is 76.0 Å². The molecule has 2 saturated carbocycles. The van der Waals surface area contributed by atoms with Crippen LogP contribution in [0.5, 0.6) is 0 Å². The summed E-state index contributed by atoms with van der Waals surface area (Å²) in [7, 11) is -6.52. The summed E-state index contributed by atoms with van der Waals surface area (Å²) in [5, 5.41) is -5.78. The zero-order valence-electron chi connectivity index (χ0n) is 17.7. The number of hydrogen-bond donors (Lipinski definition) is 1. The zero-order chi connectivity index (χ0) is 24.9. The minimum atomic E-state index is -6.52. The van der Waals surface area contributed by atoms with Crippen molar-refractivity contribution >= 4 is 22.1 Å². The number of esters is 2. The van der Waals surface area contributed by atoms with Gasteiger partial charge in [0.25, 0.3) is 6.10 Å². The molecule has 0 spiro atoms. The lowest BCUT2D eigenvalue weighted by atomic mass is 9.58. The molecule has 2 rings (SSSR count). The lowest BCUT2D eigenvalue weighted by molar-refractivity contribution is -0.264. The van der Waals surface area contributed by atoms with Gasteiger partial charge in [-0.3, -0.25) is 9.35 Å². The maximum absolute atomic E-state index is 13.8. The normalized spacial score (nSPS) is 32.0. The average Bonchev–Trinajstić information content (AvgIpc) is 2.55. The Bertz CT molecular complexity index is 882. The molecule has 0 aliphatic heterocycles. The summed E-state index contributed by atoms with van der Waals surface area (Å²) < 4.78 is 107. The van der Waals surface area contributed by atoms with Crippen molar-refractivity contribution in [1.29, 1.82) is 0 Å². The third-order valence-corrected chi connectivity index (χ3v) is 6.84. The van der Waals surface area contributed by atoms with Crippen LogP contribution in [-0.2, 0) is 29.2 Å². The maximum Gasteiger partial charge on any atom is 0.432 e. The molecule has 3 atom stereocenters. The summed E-state index contributed by atoms with van der Waals surface area (Å²) >= 11 is 0. The Morgan fingerprint density at radius 1 is 1.06 bits per heavy atom. The van der Waals surface area contributed by atoms with Gasteiger partial charge in [-0.25, -0.2) is 4.79 Å². The zero-order valence-corrected chi connectivity index (χ0v) is 18.5. The van der Waals surface area contributed by atoms with Gasteiger partial charge < -0.3 is 9.47 Å². The third kappa shape index (κ3) is 5.41. The van der Waals surface area contributed by atoms with Crippen molar-refractivity contribution in [3.05, 3.63) is 12.2 Å². The number of ether oxygens (including phenoxy) is 2. The molecule has 2 bridgehead atoms. The molecule has 0 radical (unpaired) electrons. The number of hydrogen-bond acceptors (Lipinski definition) is 6. The largest absolute Gasteiger partial charge is 0.456 e. The molecule has 2 aliphatic carbocycles. The van der Waals surface area contributed by atoms with Gasteiger partial charge in [0.15, 0.2) is 0 Å². The minimum Gasteiger partial charge on any atom is -0.456 e. The van der Waals surface area contributed by atoms with Crippen LogP contribution < -0.4 is 0 Å². The van der Waals surface area contributed by atoms with Crippen LogP contribution in [0.25, 0.3) is 0 Å². The lowest BCUT2D eigenvalue weighted by Gasteiger charge is -2.50. The number of carbonyl (C=O) groups is 2. The molecule has 2 aliphatic rings. The molecule has 0 amide bonds. The first-order chi connectivity index (χ1) is 14.2. The van der Waals surface area contributed by atoms with Gasteiger partial charge in [0, 0.05) is 5.57 Å². The van der Waals surface area contributed by atoms with E-state index in [1.807, 2.05) is 0 Å². The summed E-state index contributed by atoms with van der Waals surface area (Å²) in [6.45, 7) is 7.93. The fourth-order valence-corrected chi connectivity index (χ4v) is 5.34. The lowest BCUT2D eigenvalue weighted by Crippen LogP contribution is -2.55. The molecular formula is C19H25F5O7S. The Kier molecular flexibility index (Phi) is 6.81. The number of halogens is 5. The second kappa shape index (κ2) is 8.23. The SMILES string of the molecule is C=C(C)C(=O)OC1(C)CC2CC(C1)CC(C)(C(=O)OC(C(F)(F)F)C(F)(F)S(=O)(=O)O)C2. The highest BCUT2D eigenvalue weighted by Gasteiger charge is 2.67. The average molecular weight is 492 g/mol. The minimum absolute atomic E-state index is 0.0371. The van der Waals surface area contributed by atoms with Gasteiger partial charge in [0.05, 0.1) is 5.41 Å². The standard InChI is InChI=1S/C19H25F5O7S/c1-10(2)13(25)31-17(4)8-11-5-12(9-17)7-16(3,6-11)15(26)30-14(18(20,21)22)19(23,24)32(27,28)29/h11-12,14H,1,5-9H2,2-4H3,(H,27,28,29). The number of fused-ring (bicyclic) bond motifs is 2. The second-order valence-electron chi connectivity index (χ2n) is 9.33. The van der Waals surface area contributed by atoms with Gasteiger partial charge >= 0.3 is 33.5 Å². The molecule has 184 valence electrons. The Morgan fingerprint density at radius 3 is 1.91 bits per heavy atom. The smallest absolute Gasteiger partial charge is 0.432 e. The predicted molar refractivity (Wildman–Crippen MR) is 99.9 cm³/mol. The molecule has 32 heavy (non-hydrogen) atoms. The van der Waals surface area contributed by atoms with Crippen LogP contribution >= 0.6 is 0 Å². The number of rotatable bonds is 6. The first kappa shape index (κ1) is 26.5. The molecule has 0 aromatic heterocycles. The van der Waals surface area contributed by atoms with Gasteiger partial charge in [-0.15, -0.1) is 0 Å². The van der Waals surface area contributed by atoms with E-state index in [0.717, 1.165) is 0 Å². The number of alkyl halides is 5. The Balaban J connectivity index is 2.22. The summed E-state index contributed by atoms with van der Waals surface area (Å²) in [4.78, 5) is 24.5. The van der Waals surface area contributed by atoms with Gasteiger partial charge in [-0.1, -0.05) is 6.58 Å². The monoisotopic (exact) mass is 492 g/mol. The quantitative estimate of drug-likeness (QED) is 0.258. The molecule has 13 heteroatoms. The molecule has 7 nitrogen and oxygen atoms in total.